The van der Waals surface area contributed by atoms with Crippen LogP contribution >= 0.6 is 0 Å². The number of carbonyl (C=O) groups is 1. The highest BCUT2D eigenvalue weighted by Gasteiger charge is 2.15. The summed E-state index contributed by atoms with van der Waals surface area (Å²) < 4.78 is 1.61. The van der Waals surface area contributed by atoms with E-state index in [1.165, 1.54) is 12.1 Å². The molecule has 0 spiro atoms. The quantitative estimate of drug-likeness (QED) is 0.487. The summed E-state index contributed by atoms with van der Waals surface area (Å²) in [6.45, 7) is 0.224. The van der Waals surface area contributed by atoms with E-state index in [-0.39, 0.29) is 23.5 Å². The fraction of sp³-hybridized carbons (Fsp3) is 0.167. The molecule has 0 aliphatic carbocycles. The molecule has 2 aromatic rings. The fourth-order valence-corrected chi connectivity index (χ4v) is 1.68. The number of amides is 1. The van der Waals surface area contributed by atoms with Crippen molar-refractivity contribution in [1.82, 2.24) is 15.1 Å². The molecule has 1 aromatic heterocycles. The molecule has 1 heterocycles. The highest BCUT2D eigenvalue weighted by Crippen LogP contribution is 2.19. The molecule has 0 unspecified atom stereocenters. The Balaban J connectivity index is 2.12. The highest BCUT2D eigenvalue weighted by atomic mass is 16.6. The summed E-state index contributed by atoms with van der Waals surface area (Å²) in [5.41, 5.74) is 6.43. The van der Waals surface area contributed by atoms with Gasteiger partial charge in [0.1, 0.15) is 0 Å². The van der Waals surface area contributed by atoms with E-state index in [1.54, 1.807) is 24.0 Å². The molecule has 8 nitrogen and oxygen atoms in total. The lowest BCUT2D eigenvalue weighted by molar-refractivity contribution is -0.384. The molecule has 0 saturated heterocycles. The Hall–Kier alpha value is -2.90. The molecule has 0 fully saturated rings. The average Bonchev–Trinajstić information content (AvgIpc) is 2.82. The van der Waals surface area contributed by atoms with Gasteiger partial charge in [0.2, 0.25) is 0 Å². The summed E-state index contributed by atoms with van der Waals surface area (Å²) in [4.78, 5) is 22.1. The number of aromatic nitrogens is 2. The monoisotopic (exact) mass is 275 g/mol. The van der Waals surface area contributed by atoms with Crippen molar-refractivity contribution in [2.75, 3.05) is 5.73 Å². The Bertz CT molecular complexity index is 665. The molecule has 3 N–H and O–H groups in total. The van der Waals surface area contributed by atoms with Gasteiger partial charge in [0, 0.05) is 31.1 Å². The summed E-state index contributed by atoms with van der Waals surface area (Å²) >= 11 is 0. The number of anilines is 1. The van der Waals surface area contributed by atoms with Crippen LogP contribution < -0.4 is 11.1 Å². The lowest BCUT2D eigenvalue weighted by atomic mass is 10.1. The first-order chi connectivity index (χ1) is 9.47. The maximum atomic E-state index is 12.0. The van der Waals surface area contributed by atoms with Gasteiger partial charge in [-0.25, -0.2) is 0 Å². The second-order valence-electron chi connectivity index (χ2n) is 4.19. The van der Waals surface area contributed by atoms with Crippen LogP contribution in [0.15, 0.2) is 30.5 Å². The van der Waals surface area contributed by atoms with Gasteiger partial charge in [-0.1, -0.05) is 0 Å². The van der Waals surface area contributed by atoms with Gasteiger partial charge in [0.25, 0.3) is 11.6 Å². The number of carbonyl (C=O) groups excluding carboxylic acids is 1. The van der Waals surface area contributed by atoms with Gasteiger partial charge >= 0.3 is 0 Å². The molecule has 104 valence electrons. The third-order valence-corrected chi connectivity index (χ3v) is 2.69. The van der Waals surface area contributed by atoms with E-state index in [2.05, 4.69) is 10.4 Å². The summed E-state index contributed by atoms with van der Waals surface area (Å²) in [7, 11) is 1.77. The molecule has 1 amide bonds. The molecule has 0 aliphatic rings. The van der Waals surface area contributed by atoms with Gasteiger partial charge < -0.3 is 11.1 Å². The number of benzene rings is 1. The molecule has 0 atom stereocenters. The number of nitrogens with one attached hydrogen (secondary N) is 1. The van der Waals surface area contributed by atoms with Crippen LogP contribution in [-0.2, 0) is 13.6 Å². The molecule has 0 aliphatic heterocycles. The summed E-state index contributed by atoms with van der Waals surface area (Å²) in [5.74, 6) is -0.475. The molecule has 0 bridgehead atoms. The zero-order chi connectivity index (χ0) is 14.7. The summed E-state index contributed by atoms with van der Waals surface area (Å²) in [6.07, 6.45) is 1.75. The van der Waals surface area contributed by atoms with Crippen LogP contribution in [0.4, 0.5) is 11.4 Å². The van der Waals surface area contributed by atoms with Crippen LogP contribution in [0.25, 0.3) is 0 Å². The van der Waals surface area contributed by atoms with Gasteiger partial charge in [0.05, 0.1) is 22.7 Å². The lowest BCUT2D eigenvalue weighted by Crippen LogP contribution is -2.24. The van der Waals surface area contributed by atoms with Crippen molar-refractivity contribution in [2.45, 2.75) is 6.54 Å². The highest BCUT2D eigenvalue weighted by molar-refractivity contribution is 5.99. The van der Waals surface area contributed by atoms with E-state index in [9.17, 15) is 14.9 Å². The van der Waals surface area contributed by atoms with E-state index >= 15 is 0 Å². The van der Waals surface area contributed by atoms with Crippen LogP contribution in [0.2, 0.25) is 0 Å². The number of aryl methyl sites for hydroxylation is 1. The minimum absolute atomic E-state index is 0.0788. The molecule has 2 rings (SSSR count). The van der Waals surface area contributed by atoms with Crippen LogP contribution in [0.3, 0.4) is 0 Å². The topological polar surface area (TPSA) is 116 Å². The van der Waals surface area contributed by atoms with E-state index in [0.717, 1.165) is 6.07 Å². The van der Waals surface area contributed by atoms with Crippen molar-refractivity contribution >= 4 is 17.3 Å². The van der Waals surface area contributed by atoms with E-state index in [0.29, 0.717) is 5.69 Å². The van der Waals surface area contributed by atoms with E-state index < -0.39 is 10.8 Å². The number of rotatable bonds is 4. The Labute approximate surface area is 114 Å². The first-order valence-corrected chi connectivity index (χ1v) is 5.78. The largest absolute Gasteiger partial charge is 0.398 e. The molecule has 20 heavy (non-hydrogen) atoms. The second kappa shape index (κ2) is 5.39. The normalized spacial score (nSPS) is 10.2. The number of nitrogens with two attached hydrogens (primary N) is 1. The van der Waals surface area contributed by atoms with Crippen molar-refractivity contribution in [3.63, 3.8) is 0 Å². The van der Waals surface area contributed by atoms with Crippen molar-refractivity contribution < 1.29 is 9.72 Å². The minimum Gasteiger partial charge on any atom is -0.398 e. The number of hydrogen-bond donors (Lipinski definition) is 2. The Kier molecular flexibility index (Phi) is 3.65. The average molecular weight is 275 g/mol. The van der Waals surface area contributed by atoms with Crippen LogP contribution in [0.5, 0.6) is 0 Å². The molecular weight excluding hydrogens is 262 g/mol. The predicted octanol–water partition coefficient (Wildman–Crippen LogP) is 0.841. The van der Waals surface area contributed by atoms with Crippen molar-refractivity contribution in [3.05, 3.63) is 51.8 Å². The molecular formula is C12H13N5O3. The Morgan fingerprint density at radius 1 is 1.50 bits per heavy atom. The Morgan fingerprint density at radius 2 is 2.25 bits per heavy atom. The predicted molar refractivity (Wildman–Crippen MR) is 71.9 cm³/mol. The van der Waals surface area contributed by atoms with Crippen molar-refractivity contribution in [1.29, 1.82) is 0 Å². The zero-order valence-corrected chi connectivity index (χ0v) is 10.7. The molecule has 0 saturated carbocycles. The number of nitro groups is 1. The van der Waals surface area contributed by atoms with E-state index in [1.807, 2.05) is 0 Å². The van der Waals surface area contributed by atoms with Gasteiger partial charge in [-0.05, 0) is 12.1 Å². The smallest absolute Gasteiger partial charge is 0.270 e. The lowest BCUT2D eigenvalue weighted by Gasteiger charge is -2.06. The van der Waals surface area contributed by atoms with Crippen LogP contribution in [0, 0.1) is 10.1 Å². The SMILES string of the molecule is Cn1ccc(CNC(=O)c2cc([N+](=O)[O-])ccc2N)n1. The number of nitro benzene ring substituents is 1. The van der Waals surface area contributed by atoms with E-state index in [4.69, 9.17) is 5.73 Å². The number of hydrogen-bond acceptors (Lipinski definition) is 5. The Morgan fingerprint density at radius 3 is 2.85 bits per heavy atom. The number of nitrogens with zero attached hydrogens (tertiary/aromatic N) is 3. The summed E-state index contributed by atoms with van der Waals surface area (Å²) in [5, 5.41) is 17.4. The summed E-state index contributed by atoms with van der Waals surface area (Å²) in [6, 6.07) is 5.51. The van der Waals surface area contributed by atoms with Crippen LogP contribution in [0.1, 0.15) is 16.1 Å². The third kappa shape index (κ3) is 2.91. The molecule has 1 aromatic carbocycles. The van der Waals surface area contributed by atoms with Crippen molar-refractivity contribution in [3.8, 4) is 0 Å². The van der Waals surface area contributed by atoms with Crippen molar-refractivity contribution in [2.24, 2.45) is 7.05 Å². The number of non-ortho nitro benzene ring substituents is 1. The second-order valence-corrected chi connectivity index (χ2v) is 4.19. The maximum absolute atomic E-state index is 12.0. The van der Waals surface area contributed by atoms with Crippen LogP contribution in [-0.4, -0.2) is 20.6 Å². The standard InChI is InChI=1S/C12H13N5O3/c1-16-5-4-8(15-16)7-14-12(18)10-6-9(17(19)20)2-3-11(10)13/h2-6H,7,13H2,1H3,(H,14,18). The maximum Gasteiger partial charge on any atom is 0.270 e. The van der Waals surface area contributed by atoms with Gasteiger partial charge in [-0.15, -0.1) is 0 Å². The van der Waals surface area contributed by atoms with Gasteiger partial charge in [-0.2, -0.15) is 5.10 Å². The first kappa shape index (κ1) is 13.5. The van der Waals surface area contributed by atoms with Gasteiger partial charge in [-0.3, -0.25) is 19.6 Å². The number of nitrogen functional groups attached to an aromatic ring is 1. The third-order valence-electron chi connectivity index (χ3n) is 2.69. The zero-order valence-electron chi connectivity index (χ0n) is 10.7. The molecule has 8 heteroatoms. The molecule has 0 radical (unpaired) electrons. The fourth-order valence-electron chi connectivity index (χ4n) is 1.68. The minimum atomic E-state index is -0.574. The van der Waals surface area contributed by atoms with Gasteiger partial charge in [0.15, 0.2) is 0 Å². The first-order valence-electron chi connectivity index (χ1n) is 5.78.